The lowest BCUT2D eigenvalue weighted by Crippen LogP contribution is -2.14. The molecule has 0 saturated carbocycles. The van der Waals surface area contributed by atoms with Gasteiger partial charge in [0.05, 0.1) is 12.9 Å². The third kappa shape index (κ3) is 4.20. The van der Waals surface area contributed by atoms with E-state index in [1.54, 1.807) is 7.11 Å². The molecule has 0 spiro atoms. The van der Waals surface area contributed by atoms with Gasteiger partial charge in [0.15, 0.2) is 11.0 Å². The van der Waals surface area contributed by atoms with Crippen molar-refractivity contribution in [1.82, 2.24) is 25.0 Å². The van der Waals surface area contributed by atoms with Gasteiger partial charge >= 0.3 is 0 Å². The van der Waals surface area contributed by atoms with Gasteiger partial charge in [-0.25, -0.2) is 0 Å². The monoisotopic (exact) mass is 390 g/mol. The van der Waals surface area contributed by atoms with Crippen molar-refractivity contribution in [2.75, 3.05) is 18.2 Å². The molecular weight excluding hydrogens is 372 g/mol. The SMILES string of the molecule is CCn1c(SCC(=O)Nc2nnc(C)s2)nnc1-c1ccc(OC)cc1. The number of rotatable bonds is 7. The molecule has 0 aliphatic rings. The minimum Gasteiger partial charge on any atom is -0.497 e. The molecule has 0 unspecified atom stereocenters. The van der Waals surface area contributed by atoms with Crippen LogP contribution in [0.1, 0.15) is 11.9 Å². The molecule has 0 bridgehead atoms. The lowest BCUT2D eigenvalue weighted by atomic mass is 10.2. The maximum atomic E-state index is 12.1. The summed E-state index contributed by atoms with van der Waals surface area (Å²) in [6, 6.07) is 7.64. The van der Waals surface area contributed by atoms with Crippen LogP contribution in [0, 0.1) is 6.92 Å². The Morgan fingerprint density at radius 2 is 2.00 bits per heavy atom. The van der Waals surface area contributed by atoms with Crippen LogP contribution in [0.3, 0.4) is 0 Å². The molecule has 2 aromatic heterocycles. The summed E-state index contributed by atoms with van der Waals surface area (Å²) in [4.78, 5) is 12.1. The number of benzene rings is 1. The first-order chi connectivity index (χ1) is 12.6. The van der Waals surface area contributed by atoms with Crippen molar-refractivity contribution in [2.45, 2.75) is 25.5 Å². The summed E-state index contributed by atoms with van der Waals surface area (Å²) in [5.74, 6) is 1.62. The molecule has 0 saturated heterocycles. The predicted octanol–water partition coefficient (Wildman–Crippen LogP) is 2.86. The van der Waals surface area contributed by atoms with E-state index in [0.29, 0.717) is 16.8 Å². The highest BCUT2D eigenvalue weighted by atomic mass is 32.2. The number of carbonyl (C=O) groups excluding carboxylic acids is 1. The van der Waals surface area contributed by atoms with E-state index < -0.39 is 0 Å². The molecule has 1 aromatic carbocycles. The molecule has 136 valence electrons. The number of methoxy groups -OCH3 is 1. The maximum Gasteiger partial charge on any atom is 0.236 e. The number of anilines is 1. The van der Waals surface area contributed by atoms with Crippen molar-refractivity contribution >= 4 is 34.1 Å². The quantitative estimate of drug-likeness (QED) is 0.620. The minimum absolute atomic E-state index is 0.150. The Kier molecular flexibility index (Phi) is 5.84. The number of nitrogens with zero attached hydrogens (tertiary/aromatic N) is 5. The van der Waals surface area contributed by atoms with Crippen LogP contribution >= 0.6 is 23.1 Å². The molecular formula is C16H18N6O2S2. The molecule has 0 aliphatic carbocycles. The first kappa shape index (κ1) is 18.3. The zero-order valence-corrected chi connectivity index (χ0v) is 16.2. The second-order valence-electron chi connectivity index (χ2n) is 5.24. The van der Waals surface area contributed by atoms with Crippen LogP contribution in [0.5, 0.6) is 5.75 Å². The van der Waals surface area contributed by atoms with E-state index in [9.17, 15) is 4.79 Å². The maximum absolute atomic E-state index is 12.1. The number of nitrogens with one attached hydrogen (secondary N) is 1. The van der Waals surface area contributed by atoms with Gasteiger partial charge < -0.3 is 9.30 Å². The average molecular weight is 390 g/mol. The number of amides is 1. The van der Waals surface area contributed by atoms with Crippen molar-refractivity contribution in [2.24, 2.45) is 0 Å². The molecule has 1 amide bonds. The van der Waals surface area contributed by atoms with Gasteiger partial charge in [-0.3, -0.25) is 10.1 Å². The van der Waals surface area contributed by atoms with Gasteiger partial charge in [0, 0.05) is 12.1 Å². The number of hydrogen-bond acceptors (Lipinski definition) is 8. The molecule has 2 heterocycles. The van der Waals surface area contributed by atoms with Crippen molar-refractivity contribution in [3.63, 3.8) is 0 Å². The molecule has 3 rings (SSSR count). The third-order valence-electron chi connectivity index (χ3n) is 3.49. The summed E-state index contributed by atoms with van der Waals surface area (Å²) in [7, 11) is 1.63. The molecule has 10 heteroatoms. The van der Waals surface area contributed by atoms with Crippen LogP contribution in [0.25, 0.3) is 11.4 Å². The Morgan fingerprint density at radius 1 is 1.23 bits per heavy atom. The fourth-order valence-corrected chi connectivity index (χ4v) is 3.68. The van der Waals surface area contributed by atoms with Crippen molar-refractivity contribution < 1.29 is 9.53 Å². The van der Waals surface area contributed by atoms with Crippen LogP contribution in [0.15, 0.2) is 29.4 Å². The van der Waals surface area contributed by atoms with Crippen LogP contribution in [0.2, 0.25) is 0 Å². The summed E-state index contributed by atoms with van der Waals surface area (Å²) >= 11 is 2.68. The largest absolute Gasteiger partial charge is 0.497 e. The lowest BCUT2D eigenvalue weighted by Gasteiger charge is -2.07. The Bertz CT molecular complexity index is 891. The van der Waals surface area contributed by atoms with E-state index in [-0.39, 0.29) is 11.7 Å². The molecule has 8 nitrogen and oxygen atoms in total. The number of hydrogen-bond donors (Lipinski definition) is 1. The van der Waals surface area contributed by atoms with E-state index in [2.05, 4.69) is 25.7 Å². The Balaban J connectivity index is 1.68. The Morgan fingerprint density at radius 3 is 2.62 bits per heavy atom. The minimum atomic E-state index is -0.150. The van der Waals surface area contributed by atoms with E-state index in [4.69, 9.17) is 4.74 Å². The number of aromatic nitrogens is 5. The van der Waals surface area contributed by atoms with E-state index >= 15 is 0 Å². The molecule has 0 fully saturated rings. The van der Waals surface area contributed by atoms with Crippen molar-refractivity contribution in [3.8, 4) is 17.1 Å². The predicted molar refractivity (Wildman–Crippen MR) is 102 cm³/mol. The molecule has 3 aromatic rings. The fraction of sp³-hybridized carbons (Fsp3) is 0.312. The summed E-state index contributed by atoms with van der Waals surface area (Å²) in [5.41, 5.74) is 0.945. The highest BCUT2D eigenvalue weighted by molar-refractivity contribution is 7.99. The standard InChI is InChI=1S/C16H18N6O2S2/c1-4-22-14(11-5-7-12(24-3)8-6-11)19-21-16(22)25-9-13(23)17-15-20-18-10(2)26-15/h5-8H,4,9H2,1-3H3,(H,17,20,23). The second kappa shape index (κ2) is 8.28. The van der Waals surface area contributed by atoms with Crippen LogP contribution in [0.4, 0.5) is 5.13 Å². The Labute approximate surface area is 159 Å². The number of aryl methyl sites for hydroxylation is 1. The van der Waals surface area contributed by atoms with Crippen LogP contribution in [-0.2, 0) is 11.3 Å². The van der Waals surface area contributed by atoms with Crippen molar-refractivity contribution in [1.29, 1.82) is 0 Å². The summed E-state index contributed by atoms with van der Waals surface area (Å²) in [5, 5.41) is 21.0. The highest BCUT2D eigenvalue weighted by Crippen LogP contribution is 2.25. The first-order valence-electron chi connectivity index (χ1n) is 7.91. The van der Waals surface area contributed by atoms with Gasteiger partial charge in [0.1, 0.15) is 10.8 Å². The van der Waals surface area contributed by atoms with Gasteiger partial charge in [-0.05, 0) is 38.1 Å². The number of ether oxygens (including phenoxy) is 1. The molecule has 0 aliphatic heterocycles. The van der Waals surface area contributed by atoms with E-state index in [1.165, 1.54) is 23.1 Å². The zero-order chi connectivity index (χ0) is 18.5. The third-order valence-corrected chi connectivity index (χ3v) is 5.21. The van der Waals surface area contributed by atoms with Gasteiger partial charge in [-0.1, -0.05) is 23.1 Å². The summed E-state index contributed by atoms with van der Waals surface area (Å²) < 4.78 is 7.16. The normalized spacial score (nSPS) is 10.7. The first-order valence-corrected chi connectivity index (χ1v) is 9.71. The zero-order valence-electron chi connectivity index (χ0n) is 14.6. The van der Waals surface area contributed by atoms with Gasteiger partial charge in [0.25, 0.3) is 0 Å². The average Bonchev–Trinajstić information content (AvgIpc) is 3.25. The smallest absolute Gasteiger partial charge is 0.236 e. The van der Waals surface area contributed by atoms with Crippen LogP contribution < -0.4 is 10.1 Å². The van der Waals surface area contributed by atoms with Gasteiger partial charge in [-0.15, -0.1) is 20.4 Å². The molecule has 1 N–H and O–H groups in total. The van der Waals surface area contributed by atoms with Crippen LogP contribution in [-0.4, -0.2) is 43.7 Å². The number of thioether (sulfide) groups is 1. The Hall–Kier alpha value is -2.46. The second-order valence-corrected chi connectivity index (χ2v) is 7.37. The van der Waals surface area contributed by atoms with Gasteiger partial charge in [-0.2, -0.15) is 0 Å². The molecule has 0 atom stereocenters. The highest BCUT2D eigenvalue weighted by Gasteiger charge is 2.15. The topological polar surface area (TPSA) is 94.8 Å². The summed E-state index contributed by atoms with van der Waals surface area (Å²) in [6.07, 6.45) is 0. The molecule has 0 radical (unpaired) electrons. The van der Waals surface area contributed by atoms with Crippen molar-refractivity contribution in [3.05, 3.63) is 29.3 Å². The van der Waals surface area contributed by atoms with E-state index in [0.717, 1.165) is 22.1 Å². The van der Waals surface area contributed by atoms with E-state index in [1.807, 2.05) is 42.7 Å². The molecule has 26 heavy (non-hydrogen) atoms. The lowest BCUT2D eigenvalue weighted by molar-refractivity contribution is -0.113. The summed E-state index contributed by atoms with van der Waals surface area (Å²) in [6.45, 7) is 4.56. The van der Waals surface area contributed by atoms with Gasteiger partial charge in [0.2, 0.25) is 11.0 Å². The fourth-order valence-electron chi connectivity index (χ4n) is 2.27. The number of carbonyl (C=O) groups is 1.